The van der Waals surface area contributed by atoms with E-state index in [4.69, 9.17) is 13.9 Å². The van der Waals surface area contributed by atoms with E-state index in [9.17, 15) is 9.59 Å². The Hall–Kier alpha value is -3.10. The van der Waals surface area contributed by atoms with Crippen LogP contribution in [-0.4, -0.2) is 40.4 Å². The third kappa shape index (κ3) is 4.36. The van der Waals surface area contributed by atoms with Gasteiger partial charge >= 0.3 is 6.09 Å². The minimum atomic E-state index is -0.887. The Morgan fingerprint density at radius 2 is 2.04 bits per heavy atom. The minimum Gasteiger partial charge on any atom is -0.489 e. The van der Waals surface area contributed by atoms with Gasteiger partial charge in [0.2, 0.25) is 11.8 Å². The molecule has 0 aliphatic carbocycles. The molecule has 1 atom stereocenters. The van der Waals surface area contributed by atoms with Crippen LogP contribution in [0.25, 0.3) is 11.5 Å². The zero-order valence-corrected chi connectivity index (χ0v) is 15.9. The van der Waals surface area contributed by atoms with Crippen molar-refractivity contribution in [2.24, 2.45) is 0 Å². The number of alkyl carbamates (subject to hydrolysis) is 1. The number of anilines is 1. The summed E-state index contributed by atoms with van der Waals surface area (Å²) in [5.74, 6) is 0.890. The Morgan fingerprint density at radius 3 is 2.67 bits per heavy atom. The lowest BCUT2D eigenvalue weighted by molar-refractivity contribution is -0.118. The molecule has 1 aromatic carbocycles. The highest BCUT2D eigenvalue weighted by atomic mass is 16.6. The lowest BCUT2D eigenvalue weighted by atomic mass is 10.1. The highest BCUT2D eigenvalue weighted by Gasteiger charge is 2.29. The van der Waals surface area contributed by atoms with Crippen molar-refractivity contribution in [3.8, 4) is 17.2 Å². The van der Waals surface area contributed by atoms with E-state index in [0.29, 0.717) is 28.8 Å². The van der Waals surface area contributed by atoms with Crippen molar-refractivity contribution >= 4 is 17.7 Å². The lowest BCUT2D eigenvalue weighted by Gasteiger charge is -2.22. The number of ether oxygens (including phenoxy) is 2. The van der Waals surface area contributed by atoms with Crippen molar-refractivity contribution in [3.05, 3.63) is 23.6 Å². The second kappa shape index (κ2) is 6.90. The van der Waals surface area contributed by atoms with Crippen LogP contribution < -0.4 is 15.4 Å². The van der Waals surface area contributed by atoms with E-state index in [-0.39, 0.29) is 6.61 Å². The summed E-state index contributed by atoms with van der Waals surface area (Å²) in [6, 6.07) is 2.60. The number of hydrogen-bond acceptors (Lipinski definition) is 7. The van der Waals surface area contributed by atoms with Crippen LogP contribution in [0.15, 0.2) is 16.5 Å². The Morgan fingerprint density at radius 1 is 1.30 bits per heavy atom. The van der Waals surface area contributed by atoms with Crippen molar-refractivity contribution < 1.29 is 23.5 Å². The quantitative estimate of drug-likeness (QED) is 0.830. The van der Waals surface area contributed by atoms with Crippen molar-refractivity contribution in [2.45, 2.75) is 46.3 Å². The Kier molecular flexibility index (Phi) is 4.77. The highest BCUT2D eigenvalue weighted by Crippen LogP contribution is 2.34. The number of nitrogens with one attached hydrogen (secondary N) is 2. The van der Waals surface area contributed by atoms with Gasteiger partial charge in [0.15, 0.2) is 0 Å². The first-order valence-electron chi connectivity index (χ1n) is 8.51. The molecule has 144 valence electrons. The van der Waals surface area contributed by atoms with E-state index in [1.165, 1.54) is 0 Å². The van der Waals surface area contributed by atoms with Gasteiger partial charge in [-0.15, -0.1) is 10.2 Å². The van der Waals surface area contributed by atoms with E-state index in [0.717, 1.165) is 5.56 Å². The number of nitrogens with zero attached hydrogens (tertiary/aromatic N) is 2. The van der Waals surface area contributed by atoms with Crippen LogP contribution in [0.5, 0.6) is 5.75 Å². The SMILES string of the molecule is Cc1nnc(-c2cc3c(cc2C)OC[C@H](NC(=O)OC(C)(C)C)C(=O)N3)o1. The third-order valence-corrected chi connectivity index (χ3v) is 3.75. The molecule has 0 radical (unpaired) electrons. The van der Waals surface area contributed by atoms with E-state index in [1.54, 1.807) is 39.8 Å². The highest BCUT2D eigenvalue weighted by molar-refractivity contribution is 5.99. The summed E-state index contributed by atoms with van der Waals surface area (Å²) in [6.07, 6.45) is -0.685. The number of aromatic nitrogens is 2. The number of fused-ring (bicyclic) bond motifs is 1. The molecule has 1 aliphatic rings. The molecule has 2 aromatic rings. The first-order valence-corrected chi connectivity index (χ1v) is 8.51. The number of amides is 2. The van der Waals surface area contributed by atoms with Gasteiger partial charge in [0.1, 0.15) is 24.0 Å². The molecular formula is C18H22N4O5. The average Bonchev–Trinajstić information content (AvgIpc) is 2.91. The fourth-order valence-electron chi connectivity index (χ4n) is 2.56. The fraction of sp³-hybridized carbons (Fsp3) is 0.444. The molecule has 9 heteroatoms. The smallest absolute Gasteiger partial charge is 0.408 e. The van der Waals surface area contributed by atoms with Gasteiger partial charge in [0.05, 0.1) is 5.69 Å². The molecule has 0 fully saturated rings. The number of rotatable bonds is 2. The summed E-state index contributed by atoms with van der Waals surface area (Å²) < 4.78 is 16.4. The first kappa shape index (κ1) is 18.7. The van der Waals surface area contributed by atoms with Gasteiger partial charge < -0.3 is 24.5 Å². The molecule has 0 saturated heterocycles. The maximum Gasteiger partial charge on any atom is 0.408 e. The lowest BCUT2D eigenvalue weighted by Crippen LogP contribution is -2.48. The van der Waals surface area contributed by atoms with Crippen LogP contribution in [0.3, 0.4) is 0 Å². The molecule has 3 rings (SSSR count). The maximum absolute atomic E-state index is 12.5. The molecule has 0 spiro atoms. The van der Waals surface area contributed by atoms with E-state index >= 15 is 0 Å². The van der Waals surface area contributed by atoms with E-state index < -0.39 is 23.6 Å². The minimum absolute atomic E-state index is 0.0173. The number of carbonyl (C=O) groups excluding carboxylic acids is 2. The van der Waals surface area contributed by atoms with Gasteiger partial charge in [-0.05, 0) is 45.4 Å². The Balaban J connectivity index is 1.80. The number of aryl methyl sites for hydroxylation is 2. The van der Waals surface area contributed by atoms with Crippen molar-refractivity contribution in [2.75, 3.05) is 11.9 Å². The molecule has 0 saturated carbocycles. The summed E-state index contributed by atoms with van der Waals surface area (Å²) in [4.78, 5) is 24.5. The van der Waals surface area contributed by atoms with Crippen LogP contribution in [-0.2, 0) is 9.53 Å². The zero-order chi connectivity index (χ0) is 19.8. The topological polar surface area (TPSA) is 116 Å². The van der Waals surface area contributed by atoms with Gasteiger partial charge in [0.25, 0.3) is 5.91 Å². The predicted octanol–water partition coefficient (Wildman–Crippen LogP) is 2.58. The molecule has 27 heavy (non-hydrogen) atoms. The van der Waals surface area contributed by atoms with Gasteiger partial charge in [0, 0.05) is 12.5 Å². The van der Waals surface area contributed by atoms with E-state index in [1.807, 2.05) is 6.92 Å². The second-order valence-corrected chi connectivity index (χ2v) is 7.29. The average molecular weight is 374 g/mol. The summed E-state index contributed by atoms with van der Waals surface area (Å²) in [5.41, 5.74) is 1.34. The Bertz CT molecular complexity index is 884. The normalized spacial score (nSPS) is 16.6. The summed E-state index contributed by atoms with van der Waals surface area (Å²) in [7, 11) is 0. The summed E-state index contributed by atoms with van der Waals surface area (Å²) >= 11 is 0. The molecule has 2 N–H and O–H groups in total. The Labute approximate surface area is 156 Å². The molecule has 1 aliphatic heterocycles. The zero-order valence-electron chi connectivity index (χ0n) is 15.9. The largest absolute Gasteiger partial charge is 0.489 e. The standard InChI is InChI=1S/C18H22N4O5/c1-9-6-14-12(7-11(9)16-22-21-10(2)26-16)19-15(23)13(8-25-14)20-17(24)27-18(3,4)5/h6-7,13H,8H2,1-5H3,(H,19,23)(H,20,24)/t13-/m0/s1. The van der Waals surface area contributed by atoms with E-state index in [2.05, 4.69) is 20.8 Å². The fourth-order valence-corrected chi connectivity index (χ4v) is 2.56. The van der Waals surface area contributed by atoms with Gasteiger partial charge in [-0.2, -0.15) is 0 Å². The summed E-state index contributed by atoms with van der Waals surface area (Å²) in [5, 5.41) is 13.1. The molecule has 1 aromatic heterocycles. The van der Waals surface area contributed by atoms with Crippen molar-refractivity contribution in [3.63, 3.8) is 0 Å². The molecular weight excluding hydrogens is 352 g/mol. The number of benzene rings is 1. The number of carbonyl (C=O) groups is 2. The van der Waals surface area contributed by atoms with Gasteiger partial charge in [-0.25, -0.2) is 4.79 Å². The molecule has 0 bridgehead atoms. The van der Waals surface area contributed by atoms with Crippen LogP contribution in [0.2, 0.25) is 0 Å². The predicted molar refractivity (Wildman–Crippen MR) is 96.5 cm³/mol. The maximum atomic E-state index is 12.5. The van der Waals surface area contributed by atoms with Crippen LogP contribution in [0.1, 0.15) is 32.2 Å². The van der Waals surface area contributed by atoms with Gasteiger partial charge in [-0.3, -0.25) is 4.79 Å². The molecule has 2 heterocycles. The molecule has 9 nitrogen and oxygen atoms in total. The monoisotopic (exact) mass is 374 g/mol. The molecule has 2 amide bonds. The number of hydrogen-bond donors (Lipinski definition) is 2. The first-order chi connectivity index (χ1) is 12.6. The van der Waals surface area contributed by atoms with Crippen LogP contribution in [0, 0.1) is 13.8 Å². The summed E-state index contributed by atoms with van der Waals surface area (Å²) in [6.45, 7) is 8.80. The molecule has 0 unspecified atom stereocenters. The van der Waals surface area contributed by atoms with Crippen LogP contribution in [0.4, 0.5) is 10.5 Å². The van der Waals surface area contributed by atoms with Crippen LogP contribution >= 0.6 is 0 Å². The van der Waals surface area contributed by atoms with Crippen molar-refractivity contribution in [1.29, 1.82) is 0 Å². The van der Waals surface area contributed by atoms with Crippen molar-refractivity contribution in [1.82, 2.24) is 15.5 Å². The third-order valence-electron chi connectivity index (χ3n) is 3.75. The second-order valence-electron chi connectivity index (χ2n) is 7.29. The van der Waals surface area contributed by atoms with Gasteiger partial charge in [-0.1, -0.05) is 0 Å².